The fourth-order valence-electron chi connectivity index (χ4n) is 6.61. The summed E-state index contributed by atoms with van der Waals surface area (Å²) in [7, 11) is 1.56. The van der Waals surface area contributed by atoms with E-state index in [0.717, 1.165) is 18.3 Å². The molecule has 2 heteroatoms. The third kappa shape index (κ3) is 2.57. The van der Waals surface area contributed by atoms with Crippen molar-refractivity contribution < 1.29 is 9.53 Å². The van der Waals surface area contributed by atoms with E-state index in [9.17, 15) is 4.79 Å². The highest BCUT2D eigenvalue weighted by Gasteiger charge is 2.59. The molecule has 0 amide bonds. The predicted molar refractivity (Wildman–Crippen MR) is 94.0 cm³/mol. The number of fused-ring (bicyclic) bond motifs is 3. The number of allylic oxidation sites excluding steroid dienone is 2. The van der Waals surface area contributed by atoms with Crippen LogP contribution in [0.5, 0.6) is 0 Å². The molecule has 3 rings (SSSR count). The second-order valence-electron chi connectivity index (χ2n) is 9.11. The molecular formula is C21H34O2. The molecule has 130 valence electrons. The SMILES string of the molecule is COC(=O)[C@]1(C)CCC[C@@]2(C)[C@H]1CC[C@H]1CC(=C(C)C)CC[C@@H]12. The summed E-state index contributed by atoms with van der Waals surface area (Å²) < 4.78 is 5.22. The highest BCUT2D eigenvalue weighted by molar-refractivity contribution is 5.77. The Morgan fingerprint density at radius 3 is 2.52 bits per heavy atom. The van der Waals surface area contributed by atoms with Crippen LogP contribution in [0, 0.1) is 28.6 Å². The molecule has 3 aliphatic rings. The number of hydrogen-bond donors (Lipinski definition) is 0. The molecule has 0 aromatic carbocycles. The Bertz CT molecular complexity index is 516. The van der Waals surface area contributed by atoms with Crippen molar-refractivity contribution >= 4 is 5.97 Å². The van der Waals surface area contributed by atoms with Crippen LogP contribution in [-0.2, 0) is 9.53 Å². The van der Waals surface area contributed by atoms with Gasteiger partial charge in [0.05, 0.1) is 12.5 Å². The lowest BCUT2D eigenvalue weighted by molar-refractivity contribution is -0.174. The van der Waals surface area contributed by atoms with E-state index in [4.69, 9.17) is 4.74 Å². The summed E-state index contributed by atoms with van der Waals surface area (Å²) in [6.45, 7) is 9.24. The zero-order chi connectivity index (χ0) is 16.8. The molecule has 0 radical (unpaired) electrons. The van der Waals surface area contributed by atoms with Gasteiger partial charge in [0, 0.05) is 0 Å². The zero-order valence-corrected chi connectivity index (χ0v) is 15.7. The first-order chi connectivity index (χ1) is 10.8. The molecular weight excluding hydrogens is 284 g/mol. The van der Waals surface area contributed by atoms with Gasteiger partial charge in [0.25, 0.3) is 0 Å². The summed E-state index contributed by atoms with van der Waals surface area (Å²) >= 11 is 0. The molecule has 0 saturated heterocycles. The molecule has 0 N–H and O–H groups in total. The molecule has 0 bridgehead atoms. The van der Waals surface area contributed by atoms with Crippen molar-refractivity contribution in [2.75, 3.05) is 7.11 Å². The molecule has 3 aliphatic carbocycles. The second kappa shape index (κ2) is 5.93. The fourth-order valence-corrected chi connectivity index (χ4v) is 6.61. The van der Waals surface area contributed by atoms with Crippen LogP contribution in [0.1, 0.15) is 79.1 Å². The van der Waals surface area contributed by atoms with Gasteiger partial charge < -0.3 is 4.74 Å². The van der Waals surface area contributed by atoms with Crippen molar-refractivity contribution in [2.45, 2.75) is 79.1 Å². The van der Waals surface area contributed by atoms with Crippen LogP contribution in [0.15, 0.2) is 11.1 Å². The van der Waals surface area contributed by atoms with Crippen molar-refractivity contribution in [1.29, 1.82) is 0 Å². The number of methoxy groups -OCH3 is 1. The van der Waals surface area contributed by atoms with Gasteiger partial charge in [-0.15, -0.1) is 0 Å². The number of esters is 1. The Morgan fingerprint density at radius 2 is 1.87 bits per heavy atom. The van der Waals surface area contributed by atoms with Crippen LogP contribution < -0.4 is 0 Å². The van der Waals surface area contributed by atoms with Gasteiger partial charge in [0.15, 0.2) is 0 Å². The monoisotopic (exact) mass is 318 g/mol. The molecule has 3 fully saturated rings. The summed E-state index contributed by atoms with van der Waals surface area (Å²) in [5, 5.41) is 0. The maximum absolute atomic E-state index is 12.6. The van der Waals surface area contributed by atoms with Crippen molar-refractivity contribution in [3.63, 3.8) is 0 Å². The fraction of sp³-hybridized carbons (Fsp3) is 0.857. The molecule has 0 aliphatic heterocycles. The standard InChI is InChI=1S/C21H34O2/c1-14(2)15-7-9-17-16(13-15)8-10-18-20(17,3)11-6-12-21(18,4)19(22)23-5/h16-18H,6-13H2,1-5H3/t16-,17-,18+,20+,21+/m0/s1. The zero-order valence-electron chi connectivity index (χ0n) is 15.7. The smallest absolute Gasteiger partial charge is 0.311 e. The first kappa shape index (κ1) is 17.0. The topological polar surface area (TPSA) is 26.3 Å². The van der Waals surface area contributed by atoms with Gasteiger partial charge >= 0.3 is 5.97 Å². The molecule has 0 aromatic heterocycles. The Morgan fingerprint density at radius 1 is 1.13 bits per heavy atom. The van der Waals surface area contributed by atoms with E-state index in [0.29, 0.717) is 11.3 Å². The highest BCUT2D eigenvalue weighted by Crippen LogP contribution is 2.64. The first-order valence-corrected chi connectivity index (χ1v) is 9.56. The van der Waals surface area contributed by atoms with E-state index in [1.807, 2.05) is 0 Å². The first-order valence-electron chi connectivity index (χ1n) is 9.56. The molecule has 3 saturated carbocycles. The van der Waals surface area contributed by atoms with Crippen molar-refractivity contribution in [1.82, 2.24) is 0 Å². The summed E-state index contributed by atoms with van der Waals surface area (Å²) in [6, 6.07) is 0. The largest absolute Gasteiger partial charge is 0.469 e. The Kier molecular flexibility index (Phi) is 4.40. The molecule has 0 aromatic rings. The number of rotatable bonds is 1. The summed E-state index contributed by atoms with van der Waals surface area (Å²) in [5.41, 5.74) is 3.32. The summed E-state index contributed by atoms with van der Waals surface area (Å²) in [5.74, 6) is 2.18. The number of carbonyl (C=O) groups excluding carboxylic acids is 1. The molecule has 23 heavy (non-hydrogen) atoms. The Hall–Kier alpha value is -0.790. The number of ether oxygens (including phenoxy) is 1. The average Bonchev–Trinajstić information content (AvgIpc) is 2.53. The highest BCUT2D eigenvalue weighted by atomic mass is 16.5. The van der Waals surface area contributed by atoms with Gasteiger partial charge in [0.2, 0.25) is 0 Å². The van der Waals surface area contributed by atoms with Crippen molar-refractivity contribution in [3.8, 4) is 0 Å². The minimum atomic E-state index is -0.260. The molecule has 2 nitrogen and oxygen atoms in total. The van der Waals surface area contributed by atoms with E-state index in [1.54, 1.807) is 18.3 Å². The lowest BCUT2D eigenvalue weighted by Gasteiger charge is -2.60. The average molecular weight is 319 g/mol. The van der Waals surface area contributed by atoms with Crippen LogP contribution in [0.25, 0.3) is 0 Å². The van der Waals surface area contributed by atoms with Gasteiger partial charge in [-0.25, -0.2) is 0 Å². The minimum absolute atomic E-state index is 0.0349. The van der Waals surface area contributed by atoms with E-state index in [-0.39, 0.29) is 11.4 Å². The molecule has 0 spiro atoms. The predicted octanol–water partition coefficient (Wildman–Crippen LogP) is 5.52. The van der Waals surface area contributed by atoms with Gasteiger partial charge in [-0.05, 0) is 88.9 Å². The van der Waals surface area contributed by atoms with E-state index in [2.05, 4.69) is 27.7 Å². The lowest BCUT2D eigenvalue weighted by Crippen LogP contribution is -2.55. The molecule has 0 heterocycles. The third-order valence-corrected chi connectivity index (χ3v) is 7.84. The Labute approximate surface area is 142 Å². The van der Waals surface area contributed by atoms with Crippen molar-refractivity contribution in [3.05, 3.63) is 11.1 Å². The quantitative estimate of drug-likeness (QED) is 0.470. The van der Waals surface area contributed by atoms with Gasteiger partial charge in [0.1, 0.15) is 0 Å². The second-order valence-corrected chi connectivity index (χ2v) is 9.11. The number of carbonyl (C=O) groups is 1. The molecule has 0 unspecified atom stereocenters. The van der Waals surface area contributed by atoms with E-state index in [1.165, 1.54) is 44.9 Å². The minimum Gasteiger partial charge on any atom is -0.469 e. The van der Waals surface area contributed by atoms with Crippen LogP contribution in [0.2, 0.25) is 0 Å². The maximum Gasteiger partial charge on any atom is 0.311 e. The summed E-state index contributed by atoms with van der Waals surface area (Å²) in [4.78, 5) is 12.6. The van der Waals surface area contributed by atoms with E-state index >= 15 is 0 Å². The van der Waals surface area contributed by atoms with Gasteiger partial charge in [-0.1, -0.05) is 24.5 Å². The van der Waals surface area contributed by atoms with Crippen LogP contribution in [0.4, 0.5) is 0 Å². The third-order valence-electron chi connectivity index (χ3n) is 7.84. The summed E-state index contributed by atoms with van der Waals surface area (Å²) in [6.07, 6.45) is 9.91. The van der Waals surface area contributed by atoms with Gasteiger partial charge in [-0.2, -0.15) is 0 Å². The lowest BCUT2D eigenvalue weighted by atomic mass is 9.44. The molecule has 5 atom stereocenters. The van der Waals surface area contributed by atoms with Gasteiger partial charge in [-0.3, -0.25) is 4.79 Å². The van der Waals surface area contributed by atoms with Crippen LogP contribution in [-0.4, -0.2) is 13.1 Å². The normalized spacial score (nSPS) is 43.3. The van der Waals surface area contributed by atoms with Crippen LogP contribution >= 0.6 is 0 Å². The Balaban J connectivity index is 1.90. The van der Waals surface area contributed by atoms with E-state index < -0.39 is 0 Å². The van der Waals surface area contributed by atoms with Crippen LogP contribution in [0.3, 0.4) is 0 Å². The number of hydrogen-bond acceptors (Lipinski definition) is 2. The van der Waals surface area contributed by atoms with Crippen molar-refractivity contribution in [2.24, 2.45) is 28.6 Å². The maximum atomic E-state index is 12.6.